The van der Waals surface area contributed by atoms with Crippen molar-refractivity contribution >= 4 is 10.9 Å². The Morgan fingerprint density at radius 2 is 2.09 bits per heavy atom. The van der Waals surface area contributed by atoms with E-state index >= 15 is 0 Å². The van der Waals surface area contributed by atoms with Crippen LogP contribution in [0.2, 0.25) is 0 Å². The van der Waals surface area contributed by atoms with Crippen LogP contribution >= 0.6 is 0 Å². The smallest absolute Gasteiger partial charge is 0.166 e. The molecule has 33 heavy (non-hydrogen) atoms. The van der Waals surface area contributed by atoms with Crippen molar-refractivity contribution in [1.29, 1.82) is 0 Å². The average molecular weight is 443 g/mol. The second-order valence-corrected chi connectivity index (χ2v) is 10.9. The fourth-order valence-corrected chi connectivity index (χ4v) is 8.07. The summed E-state index contributed by atoms with van der Waals surface area (Å²) in [7, 11) is 0. The number of hydrogen-bond acceptors (Lipinski definition) is 4. The Kier molecular flexibility index (Phi) is 3.51. The van der Waals surface area contributed by atoms with Crippen LogP contribution in [0.5, 0.6) is 11.5 Å². The first-order valence-corrected chi connectivity index (χ1v) is 12.7. The molecule has 170 valence electrons. The largest absolute Gasteiger partial charge is 0.504 e. The second-order valence-electron chi connectivity index (χ2n) is 10.9. The Hall–Kier alpha value is -2.50. The first kappa shape index (κ1) is 18.9. The number of nitrogens with one attached hydrogen (secondary N) is 1. The molecule has 3 aliphatic carbocycles. The molecule has 5 heteroatoms. The number of piperidine rings is 1. The van der Waals surface area contributed by atoms with Crippen LogP contribution in [-0.4, -0.2) is 46.3 Å². The zero-order valence-electron chi connectivity index (χ0n) is 19.1. The Morgan fingerprint density at radius 3 is 2.94 bits per heavy atom. The summed E-state index contributed by atoms with van der Waals surface area (Å²) in [6, 6.07) is 12.9. The van der Waals surface area contributed by atoms with Crippen LogP contribution in [0.15, 0.2) is 36.4 Å². The van der Waals surface area contributed by atoms with Crippen LogP contribution in [0.25, 0.3) is 10.9 Å². The van der Waals surface area contributed by atoms with Gasteiger partial charge in [-0.3, -0.25) is 4.90 Å². The minimum atomic E-state index is -0.358. The first-order valence-electron chi connectivity index (χ1n) is 12.7. The van der Waals surface area contributed by atoms with Crippen molar-refractivity contribution in [3.63, 3.8) is 0 Å². The number of rotatable bonds is 4. The number of aromatic nitrogens is 1. The Bertz CT molecular complexity index is 1310. The van der Waals surface area contributed by atoms with Gasteiger partial charge in [-0.15, -0.1) is 0 Å². The SMILES string of the molecule is CCO[C@@]12Cc3c([nH]c4ccccc34)C3Oc4c(O)ccc5c4C31CCN(CC1CC1)C2C5. The topological polar surface area (TPSA) is 57.7 Å². The zero-order valence-corrected chi connectivity index (χ0v) is 19.1. The van der Waals surface area contributed by atoms with Gasteiger partial charge < -0.3 is 19.6 Å². The molecule has 2 aliphatic heterocycles. The van der Waals surface area contributed by atoms with Crippen LogP contribution in [0.1, 0.15) is 54.7 Å². The summed E-state index contributed by atoms with van der Waals surface area (Å²) in [6.45, 7) is 5.08. The summed E-state index contributed by atoms with van der Waals surface area (Å²) in [5, 5.41) is 12.2. The van der Waals surface area contributed by atoms with E-state index in [1.165, 1.54) is 47.2 Å². The Balaban J connectivity index is 1.44. The normalized spacial score (nSPS) is 33.6. The summed E-state index contributed by atoms with van der Waals surface area (Å²) >= 11 is 0. The molecule has 3 aromatic rings. The lowest BCUT2D eigenvalue weighted by atomic mass is 9.48. The highest BCUT2D eigenvalue weighted by Crippen LogP contribution is 2.70. The van der Waals surface area contributed by atoms with E-state index in [0.29, 0.717) is 18.4 Å². The molecular weight excluding hydrogens is 412 g/mol. The number of benzene rings is 2. The van der Waals surface area contributed by atoms with E-state index in [-0.39, 0.29) is 22.9 Å². The van der Waals surface area contributed by atoms with E-state index < -0.39 is 0 Å². The van der Waals surface area contributed by atoms with Gasteiger partial charge >= 0.3 is 0 Å². The van der Waals surface area contributed by atoms with Crippen molar-refractivity contribution in [1.82, 2.24) is 9.88 Å². The molecule has 1 aromatic heterocycles. The molecule has 3 heterocycles. The number of para-hydroxylation sites is 1. The van der Waals surface area contributed by atoms with Gasteiger partial charge in [-0.05, 0) is 68.3 Å². The quantitative estimate of drug-likeness (QED) is 0.619. The van der Waals surface area contributed by atoms with Gasteiger partial charge in [0.2, 0.25) is 0 Å². The van der Waals surface area contributed by atoms with Crippen LogP contribution in [0, 0.1) is 5.92 Å². The Labute approximate surface area is 193 Å². The lowest BCUT2D eigenvalue weighted by Gasteiger charge is -2.64. The lowest BCUT2D eigenvalue weighted by molar-refractivity contribution is -0.202. The van der Waals surface area contributed by atoms with Gasteiger partial charge in [0, 0.05) is 42.1 Å². The third kappa shape index (κ3) is 2.12. The number of likely N-dealkylation sites (tertiary alicyclic amines) is 1. The van der Waals surface area contributed by atoms with Crippen LogP contribution in [0.3, 0.4) is 0 Å². The maximum absolute atomic E-state index is 10.9. The number of fused-ring (bicyclic) bond motifs is 4. The van der Waals surface area contributed by atoms with E-state index in [1.54, 1.807) is 0 Å². The molecule has 2 bridgehead atoms. The molecule has 1 saturated carbocycles. The Morgan fingerprint density at radius 1 is 1.21 bits per heavy atom. The third-order valence-corrected chi connectivity index (χ3v) is 9.43. The molecule has 0 amide bonds. The highest BCUT2D eigenvalue weighted by molar-refractivity contribution is 5.86. The van der Waals surface area contributed by atoms with E-state index in [0.717, 1.165) is 37.2 Å². The molecule has 2 aromatic carbocycles. The third-order valence-electron chi connectivity index (χ3n) is 9.43. The fourth-order valence-electron chi connectivity index (χ4n) is 8.07. The van der Waals surface area contributed by atoms with Crippen LogP contribution in [0.4, 0.5) is 0 Å². The number of ether oxygens (including phenoxy) is 2. The van der Waals surface area contributed by atoms with Crippen molar-refractivity contribution in [2.45, 2.75) is 62.2 Å². The summed E-state index contributed by atoms with van der Waals surface area (Å²) in [4.78, 5) is 6.49. The second kappa shape index (κ2) is 6.13. The van der Waals surface area contributed by atoms with Gasteiger partial charge in [-0.25, -0.2) is 0 Å². The zero-order chi connectivity index (χ0) is 21.9. The fraction of sp³-hybridized carbons (Fsp3) is 0.500. The highest BCUT2D eigenvalue weighted by atomic mass is 16.5. The highest BCUT2D eigenvalue weighted by Gasteiger charge is 2.74. The molecule has 1 spiro atoms. The monoisotopic (exact) mass is 442 g/mol. The maximum Gasteiger partial charge on any atom is 0.166 e. The number of phenolic OH excluding ortho intramolecular Hbond substituents is 1. The van der Waals surface area contributed by atoms with Gasteiger partial charge in [0.1, 0.15) is 5.60 Å². The van der Waals surface area contributed by atoms with Gasteiger partial charge in [0.15, 0.2) is 17.6 Å². The molecule has 2 N–H and O–H groups in total. The summed E-state index contributed by atoms with van der Waals surface area (Å²) in [6.07, 6.45) is 5.42. The van der Waals surface area contributed by atoms with Crippen LogP contribution < -0.4 is 4.74 Å². The van der Waals surface area contributed by atoms with Crippen molar-refractivity contribution < 1.29 is 14.6 Å². The van der Waals surface area contributed by atoms with E-state index in [2.05, 4.69) is 47.1 Å². The molecule has 5 nitrogen and oxygen atoms in total. The number of H-pyrrole nitrogens is 1. The first-order chi connectivity index (χ1) is 16.2. The molecule has 4 atom stereocenters. The standard InChI is InChI=1S/C28H30N2O3/c1-2-32-28-14-19-18-5-3-4-6-20(18)29-24(19)26-27(28)11-12-30(15-16-7-8-16)22(28)13-17-9-10-21(31)25(33-26)23(17)27/h3-6,9-10,16,22,26,29,31H,2,7-8,11-15H2,1H3/t22?,26?,27?,28-/m1/s1. The van der Waals surface area contributed by atoms with Crippen molar-refractivity contribution in [3.8, 4) is 11.5 Å². The van der Waals surface area contributed by atoms with Crippen LogP contribution in [-0.2, 0) is 23.0 Å². The molecule has 8 rings (SSSR count). The molecule has 1 saturated heterocycles. The summed E-state index contributed by atoms with van der Waals surface area (Å²) in [5.74, 6) is 1.80. The molecule has 3 unspecified atom stereocenters. The van der Waals surface area contributed by atoms with E-state index in [4.69, 9.17) is 9.47 Å². The van der Waals surface area contributed by atoms with Gasteiger partial charge in [0.25, 0.3) is 0 Å². The van der Waals surface area contributed by atoms with Crippen molar-refractivity contribution in [2.24, 2.45) is 5.92 Å². The number of hydrogen-bond donors (Lipinski definition) is 2. The van der Waals surface area contributed by atoms with Gasteiger partial charge in [-0.1, -0.05) is 24.3 Å². The number of aromatic amines is 1. The maximum atomic E-state index is 10.9. The van der Waals surface area contributed by atoms with Crippen molar-refractivity contribution in [3.05, 3.63) is 58.8 Å². The predicted octanol–water partition coefficient (Wildman–Crippen LogP) is 4.62. The van der Waals surface area contributed by atoms with E-state index in [1.807, 2.05) is 6.07 Å². The molecule has 2 fully saturated rings. The van der Waals surface area contributed by atoms with E-state index in [9.17, 15) is 5.11 Å². The number of phenols is 1. The van der Waals surface area contributed by atoms with Crippen molar-refractivity contribution in [2.75, 3.05) is 19.7 Å². The average Bonchev–Trinajstić information content (AvgIpc) is 3.45. The minimum absolute atomic E-state index is 0.159. The molecular formula is C28H30N2O3. The number of aromatic hydroxyl groups is 1. The lowest BCUT2D eigenvalue weighted by Crippen LogP contribution is -2.75. The number of nitrogens with zero attached hydrogens (tertiary/aromatic N) is 1. The summed E-state index contributed by atoms with van der Waals surface area (Å²) < 4.78 is 13.8. The predicted molar refractivity (Wildman–Crippen MR) is 126 cm³/mol. The van der Waals surface area contributed by atoms with Gasteiger partial charge in [-0.2, -0.15) is 0 Å². The molecule has 5 aliphatic rings. The van der Waals surface area contributed by atoms with Gasteiger partial charge in [0.05, 0.1) is 11.1 Å². The summed E-state index contributed by atoms with van der Waals surface area (Å²) in [5.41, 5.74) is 5.63. The molecule has 0 radical (unpaired) electrons. The minimum Gasteiger partial charge on any atom is -0.504 e.